The quantitative estimate of drug-likeness (QED) is 0.881. The van der Waals surface area contributed by atoms with Crippen LogP contribution in [0.25, 0.3) is 0 Å². The van der Waals surface area contributed by atoms with E-state index in [1.54, 1.807) is 0 Å². The second-order valence-corrected chi connectivity index (χ2v) is 6.69. The molecule has 1 aromatic rings. The van der Waals surface area contributed by atoms with Crippen molar-refractivity contribution in [2.45, 2.75) is 32.7 Å². The highest BCUT2D eigenvalue weighted by Gasteiger charge is 2.57. The van der Waals surface area contributed by atoms with Gasteiger partial charge in [-0.15, -0.1) is 11.3 Å². The lowest BCUT2D eigenvalue weighted by atomic mass is 10.0. The van der Waals surface area contributed by atoms with Crippen molar-refractivity contribution < 1.29 is 14.7 Å². The molecule has 2 aliphatic carbocycles. The number of carbonyl (C=O) groups is 2. The first-order valence-corrected chi connectivity index (χ1v) is 7.26. The number of aromatic nitrogens is 1. The van der Waals surface area contributed by atoms with Crippen molar-refractivity contribution >= 4 is 23.2 Å². The number of thiazole rings is 1. The summed E-state index contributed by atoms with van der Waals surface area (Å²) in [6, 6.07) is 0.00288. The highest BCUT2D eigenvalue weighted by atomic mass is 32.1. The minimum absolute atomic E-state index is 0.00288. The number of hydrogen-bond acceptors (Lipinski definition) is 4. The van der Waals surface area contributed by atoms with Crippen molar-refractivity contribution in [3.05, 3.63) is 15.6 Å². The van der Waals surface area contributed by atoms with Crippen molar-refractivity contribution in [3.8, 4) is 0 Å². The van der Waals surface area contributed by atoms with E-state index in [0.29, 0.717) is 17.3 Å². The normalized spacial score (nSPS) is 31.9. The summed E-state index contributed by atoms with van der Waals surface area (Å²) in [5.41, 5.74) is 0.884. The predicted molar refractivity (Wildman–Crippen MR) is 70.2 cm³/mol. The first-order chi connectivity index (χ1) is 8.97. The maximum absolute atomic E-state index is 12.1. The van der Waals surface area contributed by atoms with Crippen LogP contribution in [0.2, 0.25) is 0 Å². The summed E-state index contributed by atoms with van der Waals surface area (Å²) in [4.78, 5) is 28.4. The van der Waals surface area contributed by atoms with Crippen LogP contribution in [0.5, 0.6) is 0 Å². The number of carboxylic acids is 1. The Kier molecular flexibility index (Phi) is 2.85. The molecular weight excluding hydrogens is 264 g/mol. The average Bonchev–Trinajstić information content (AvgIpc) is 2.95. The molecule has 2 aliphatic rings. The zero-order chi connectivity index (χ0) is 13.7. The Morgan fingerprint density at radius 1 is 1.32 bits per heavy atom. The summed E-state index contributed by atoms with van der Waals surface area (Å²) in [5, 5.41) is 12.5. The Bertz CT molecular complexity index is 535. The fourth-order valence-corrected chi connectivity index (χ4v) is 3.85. The van der Waals surface area contributed by atoms with Gasteiger partial charge in [0.25, 0.3) is 5.91 Å². The van der Waals surface area contributed by atoms with Gasteiger partial charge in [0.15, 0.2) is 5.01 Å². The van der Waals surface area contributed by atoms with Gasteiger partial charge in [0.2, 0.25) is 0 Å². The fraction of sp³-hybridized carbons (Fsp3) is 0.615. The van der Waals surface area contributed by atoms with Gasteiger partial charge >= 0.3 is 5.97 Å². The van der Waals surface area contributed by atoms with E-state index in [4.69, 9.17) is 5.11 Å². The summed E-state index contributed by atoms with van der Waals surface area (Å²) >= 11 is 1.39. The molecule has 1 aromatic heterocycles. The molecule has 0 aromatic carbocycles. The van der Waals surface area contributed by atoms with Crippen LogP contribution in [0.1, 0.15) is 33.2 Å². The minimum Gasteiger partial charge on any atom is -0.481 e. The van der Waals surface area contributed by atoms with Crippen molar-refractivity contribution in [1.82, 2.24) is 10.3 Å². The van der Waals surface area contributed by atoms with E-state index in [9.17, 15) is 9.59 Å². The van der Waals surface area contributed by atoms with E-state index < -0.39 is 5.97 Å². The van der Waals surface area contributed by atoms with Gasteiger partial charge in [-0.2, -0.15) is 0 Å². The highest BCUT2D eigenvalue weighted by molar-refractivity contribution is 7.13. The highest BCUT2D eigenvalue weighted by Crippen LogP contribution is 2.55. The van der Waals surface area contributed by atoms with E-state index in [2.05, 4.69) is 10.3 Å². The summed E-state index contributed by atoms with van der Waals surface area (Å²) in [6.07, 6.45) is 1.48. The third-order valence-electron chi connectivity index (χ3n) is 4.29. The van der Waals surface area contributed by atoms with Crippen molar-refractivity contribution in [2.75, 3.05) is 0 Å². The molecule has 2 fully saturated rings. The van der Waals surface area contributed by atoms with Crippen LogP contribution in [0, 0.1) is 31.6 Å². The van der Waals surface area contributed by atoms with Crippen LogP contribution in [0.3, 0.4) is 0 Å². The Morgan fingerprint density at radius 3 is 2.58 bits per heavy atom. The topological polar surface area (TPSA) is 79.3 Å². The van der Waals surface area contributed by atoms with Crippen LogP contribution in [-0.4, -0.2) is 28.0 Å². The molecule has 0 unspecified atom stereocenters. The molecule has 0 saturated heterocycles. The number of fused-ring (bicyclic) bond motifs is 1. The second kappa shape index (κ2) is 4.30. The number of nitrogens with zero attached hydrogens (tertiary/aromatic N) is 1. The van der Waals surface area contributed by atoms with E-state index >= 15 is 0 Å². The summed E-state index contributed by atoms with van der Waals surface area (Å²) < 4.78 is 0. The fourth-order valence-electron chi connectivity index (χ4n) is 3.03. The van der Waals surface area contributed by atoms with Gasteiger partial charge in [-0.3, -0.25) is 9.59 Å². The van der Waals surface area contributed by atoms with Gasteiger partial charge in [0, 0.05) is 10.9 Å². The van der Waals surface area contributed by atoms with Crippen LogP contribution in [0.15, 0.2) is 0 Å². The molecule has 0 aliphatic heterocycles. The van der Waals surface area contributed by atoms with Crippen molar-refractivity contribution in [1.29, 1.82) is 0 Å². The zero-order valence-electron chi connectivity index (χ0n) is 10.8. The maximum Gasteiger partial charge on any atom is 0.306 e. The number of aryl methyl sites for hydroxylation is 2. The third kappa shape index (κ3) is 2.14. The van der Waals surface area contributed by atoms with Crippen LogP contribution in [-0.2, 0) is 4.79 Å². The standard InChI is InChI=1S/C13H16N2O3S/c1-5-6(2)19-12(14-5)11(16)15-10-4-9(13(17)18)7-3-8(7)10/h7-10H,3-4H2,1-2H3,(H,15,16)(H,17,18)/t7-,8+,9-,10+/m0/s1. The number of hydrogen-bond donors (Lipinski definition) is 2. The SMILES string of the molecule is Cc1nc(C(=O)N[C@@H]2C[C@H](C(=O)O)[C@H]3C[C@H]32)sc1C. The monoisotopic (exact) mass is 280 g/mol. The number of aliphatic carboxylic acids is 1. The number of carbonyl (C=O) groups excluding carboxylic acids is 1. The number of carboxylic acid groups (broad SMARTS) is 1. The van der Waals surface area contributed by atoms with Gasteiger partial charge in [-0.25, -0.2) is 4.98 Å². The van der Waals surface area contributed by atoms with Crippen LogP contribution in [0.4, 0.5) is 0 Å². The lowest BCUT2D eigenvalue weighted by Gasteiger charge is -2.14. The summed E-state index contributed by atoms with van der Waals surface area (Å²) in [7, 11) is 0. The zero-order valence-corrected chi connectivity index (χ0v) is 11.7. The Morgan fingerprint density at radius 2 is 2.05 bits per heavy atom. The summed E-state index contributed by atoms with van der Waals surface area (Å²) in [5.74, 6) is -0.557. The molecule has 0 spiro atoms. The molecule has 2 saturated carbocycles. The molecule has 1 heterocycles. The molecule has 0 radical (unpaired) electrons. The number of amides is 1. The van der Waals surface area contributed by atoms with E-state index in [1.807, 2.05) is 13.8 Å². The first-order valence-electron chi connectivity index (χ1n) is 6.45. The van der Waals surface area contributed by atoms with Crippen LogP contribution >= 0.6 is 11.3 Å². The minimum atomic E-state index is -0.731. The van der Waals surface area contributed by atoms with Crippen LogP contribution < -0.4 is 5.32 Å². The predicted octanol–water partition coefficient (Wildman–Crippen LogP) is 1.60. The molecule has 19 heavy (non-hydrogen) atoms. The molecule has 4 atom stereocenters. The number of rotatable bonds is 3. The molecule has 102 valence electrons. The molecule has 6 heteroatoms. The van der Waals surface area contributed by atoms with E-state index in [0.717, 1.165) is 17.0 Å². The largest absolute Gasteiger partial charge is 0.481 e. The van der Waals surface area contributed by atoms with E-state index in [1.165, 1.54) is 11.3 Å². The van der Waals surface area contributed by atoms with Gasteiger partial charge in [-0.1, -0.05) is 0 Å². The second-order valence-electron chi connectivity index (χ2n) is 5.48. The van der Waals surface area contributed by atoms with Gasteiger partial charge in [0.05, 0.1) is 11.6 Å². The smallest absolute Gasteiger partial charge is 0.306 e. The lowest BCUT2D eigenvalue weighted by Crippen LogP contribution is -2.36. The molecule has 0 bridgehead atoms. The number of nitrogens with one attached hydrogen (secondary N) is 1. The average molecular weight is 280 g/mol. The molecule has 3 rings (SSSR count). The maximum atomic E-state index is 12.1. The van der Waals surface area contributed by atoms with Gasteiger partial charge in [0.1, 0.15) is 0 Å². The molecule has 1 amide bonds. The third-order valence-corrected chi connectivity index (χ3v) is 5.36. The Hall–Kier alpha value is -1.43. The molecule has 2 N–H and O–H groups in total. The summed E-state index contributed by atoms with van der Waals surface area (Å²) in [6.45, 7) is 3.83. The van der Waals surface area contributed by atoms with Gasteiger partial charge < -0.3 is 10.4 Å². The Balaban J connectivity index is 1.67. The van der Waals surface area contributed by atoms with Crippen molar-refractivity contribution in [2.24, 2.45) is 17.8 Å². The van der Waals surface area contributed by atoms with Gasteiger partial charge in [-0.05, 0) is 38.5 Å². The molecular formula is C13H16N2O3S. The Labute approximate surface area is 115 Å². The van der Waals surface area contributed by atoms with E-state index in [-0.39, 0.29) is 23.8 Å². The molecule has 5 nitrogen and oxygen atoms in total. The van der Waals surface area contributed by atoms with Crippen molar-refractivity contribution in [3.63, 3.8) is 0 Å². The first kappa shape index (κ1) is 12.6. The lowest BCUT2D eigenvalue weighted by molar-refractivity contribution is -0.142.